The van der Waals surface area contributed by atoms with Gasteiger partial charge in [-0.05, 0) is 43.0 Å². The van der Waals surface area contributed by atoms with Crippen LogP contribution < -0.4 is 9.44 Å². The van der Waals surface area contributed by atoms with Crippen molar-refractivity contribution in [1.29, 1.82) is 0 Å². The van der Waals surface area contributed by atoms with Crippen LogP contribution in [0.3, 0.4) is 0 Å². The van der Waals surface area contributed by atoms with E-state index in [1.165, 1.54) is 0 Å². The first kappa shape index (κ1) is 20.4. The van der Waals surface area contributed by atoms with Crippen molar-refractivity contribution in [3.05, 3.63) is 65.2 Å². The zero-order chi connectivity index (χ0) is 19.2. The van der Waals surface area contributed by atoms with Crippen LogP contribution in [0.1, 0.15) is 23.1 Å². The molecule has 0 heterocycles. The molecule has 0 amide bonds. The summed E-state index contributed by atoms with van der Waals surface area (Å²) in [6, 6.07) is 14.5. The van der Waals surface area contributed by atoms with Crippen molar-refractivity contribution in [3.63, 3.8) is 0 Å². The summed E-state index contributed by atoms with van der Waals surface area (Å²) < 4.78 is 51.5. The molecule has 0 atom stereocenters. The largest absolute Gasteiger partial charge is 0.284 e. The van der Waals surface area contributed by atoms with Crippen molar-refractivity contribution in [2.75, 3.05) is 17.5 Å². The molecule has 0 aromatic heterocycles. The summed E-state index contributed by atoms with van der Waals surface area (Å²) in [5.41, 5.74) is 3.38. The molecule has 26 heavy (non-hydrogen) atoms. The van der Waals surface area contributed by atoms with Crippen LogP contribution in [-0.2, 0) is 32.2 Å². The van der Waals surface area contributed by atoms with Crippen LogP contribution in [0.4, 0.5) is 5.69 Å². The van der Waals surface area contributed by atoms with Gasteiger partial charge in [-0.15, -0.1) is 0 Å². The Balaban J connectivity index is 1.78. The molecule has 2 N–H and O–H groups in total. The van der Waals surface area contributed by atoms with Gasteiger partial charge in [0.1, 0.15) is 0 Å². The first-order valence-corrected chi connectivity index (χ1v) is 11.8. The summed E-state index contributed by atoms with van der Waals surface area (Å²) in [6.45, 7) is 2.32. The van der Waals surface area contributed by atoms with E-state index in [1.807, 2.05) is 43.3 Å². The summed E-state index contributed by atoms with van der Waals surface area (Å²) in [5.74, 6) is -0.0286. The minimum Gasteiger partial charge on any atom is -0.284 e. The minimum atomic E-state index is -3.36. The van der Waals surface area contributed by atoms with Gasteiger partial charge in [0.25, 0.3) is 0 Å². The topological polar surface area (TPSA) is 92.3 Å². The highest BCUT2D eigenvalue weighted by Crippen LogP contribution is 2.12. The van der Waals surface area contributed by atoms with Gasteiger partial charge < -0.3 is 0 Å². The summed E-state index contributed by atoms with van der Waals surface area (Å²) in [5, 5.41) is 0. The van der Waals surface area contributed by atoms with Gasteiger partial charge in [-0.2, -0.15) is 0 Å². The van der Waals surface area contributed by atoms with Crippen molar-refractivity contribution in [1.82, 2.24) is 4.72 Å². The normalized spacial score (nSPS) is 12.1. The standard InChI is InChI=1S/C18H24N2O4S2/c1-15-5-7-17(8-6-15)14-26(23,24)19-13-3-4-16-9-11-18(12-10-16)20-25(2,21)22/h5-12,19-20H,3-4,13-14H2,1-2H3. The number of hydrogen-bond acceptors (Lipinski definition) is 4. The number of hydrogen-bond donors (Lipinski definition) is 2. The molecule has 0 radical (unpaired) electrons. The van der Waals surface area contributed by atoms with Gasteiger partial charge >= 0.3 is 0 Å². The molecule has 6 nitrogen and oxygen atoms in total. The second-order valence-electron chi connectivity index (χ2n) is 6.31. The molecular formula is C18H24N2O4S2. The number of rotatable bonds is 9. The van der Waals surface area contributed by atoms with Crippen LogP contribution in [0.5, 0.6) is 0 Å². The molecule has 0 aliphatic carbocycles. The van der Waals surface area contributed by atoms with Gasteiger partial charge in [0.05, 0.1) is 12.0 Å². The molecule has 0 fully saturated rings. The quantitative estimate of drug-likeness (QED) is 0.637. The van der Waals surface area contributed by atoms with E-state index in [2.05, 4.69) is 9.44 Å². The highest BCUT2D eigenvalue weighted by atomic mass is 32.2. The summed E-state index contributed by atoms with van der Waals surface area (Å²) in [6.07, 6.45) is 2.46. The Kier molecular flexibility index (Phi) is 6.80. The summed E-state index contributed by atoms with van der Waals surface area (Å²) >= 11 is 0. The lowest BCUT2D eigenvalue weighted by Gasteiger charge is -2.08. The van der Waals surface area contributed by atoms with E-state index < -0.39 is 20.0 Å². The Bertz CT molecular complexity index is 920. The average molecular weight is 397 g/mol. The fraction of sp³-hybridized carbons (Fsp3) is 0.333. The van der Waals surface area contributed by atoms with Gasteiger partial charge in [0.2, 0.25) is 20.0 Å². The third-order valence-electron chi connectivity index (χ3n) is 3.70. The fourth-order valence-corrected chi connectivity index (χ4v) is 4.18. The predicted molar refractivity (Wildman–Crippen MR) is 105 cm³/mol. The number of anilines is 1. The Labute approximate surface area is 155 Å². The van der Waals surface area contributed by atoms with Crippen molar-refractivity contribution in [3.8, 4) is 0 Å². The summed E-state index contributed by atoms with van der Waals surface area (Å²) in [7, 11) is -6.64. The summed E-state index contributed by atoms with van der Waals surface area (Å²) in [4.78, 5) is 0. The Morgan fingerprint density at radius 1 is 0.846 bits per heavy atom. The molecule has 0 bridgehead atoms. The Morgan fingerprint density at radius 2 is 1.42 bits per heavy atom. The Hall–Kier alpha value is -1.90. The molecule has 0 unspecified atom stereocenters. The second-order valence-corrected chi connectivity index (χ2v) is 9.87. The van der Waals surface area contributed by atoms with Gasteiger partial charge in [-0.1, -0.05) is 42.0 Å². The van der Waals surface area contributed by atoms with E-state index in [0.29, 0.717) is 25.1 Å². The molecule has 2 aromatic rings. The van der Waals surface area contributed by atoms with Crippen LogP contribution >= 0.6 is 0 Å². The molecular weight excluding hydrogens is 372 g/mol. The maximum absolute atomic E-state index is 12.1. The average Bonchev–Trinajstić information content (AvgIpc) is 2.54. The molecule has 0 saturated carbocycles. The van der Waals surface area contributed by atoms with E-state index in [9.17, 15) is 16.8 Å². The smallest absolute Gasteiger partial charge is 0.229 e. The van der Waals surface area contributed by atoms with Crippen LogP contribution in [-0.4, -0.2) is 29.6 Å². The van der Waals surface area contributed by atoms with Crippen molar-refractivity contribution in [2.45, 2.75) is 25.5 Å². The van der Waals surface area contributed by atoms with Crippen LogP contribution in [0, 0.1) is 6.92 Å². The number of aryl methyl sites for hydroxylation is 2. The van der Waals surface area contributed by atoms with E-state index in [1.54, 1.807) is 12.1 Å². The zero-order valence-electron chi connectivity index (χ0n) is 14.9. The number of nitrogens with one attached hydrogen (secondary N) is 2. The first-order chi connectivity index (χ1) is 12.1. The minimum absolute atomic E-state index is 0.0286. The van der Waals surface area contributed by atoms with Gasteiger partial charge in [-0.3, -0.25) is 4.72 Å². The molecule has 0 aliphatic rings. The molecule has 2 aromatic carbocycles. The molecule has 2 rings (SSSR count). The SMILES string of the molecule is Cc1ccc(CS(=O)(=O)NCCCc2ccc(NS(C)(=O)=O)cc2)cc1. The lowest BCUT2D eigenvalue weighted by atomic mass is 10.1. The fourth-order valence-electron chi connectivity index (χ4n) is 2.43. The third-order valence-corrected chi connectivity index (χ3v) is 5.66. The lowest BCUT2D eigenvalue weighted by molar-refractivity contribution is 0.578. The van der Waals surface area contributed by atoms with Crippen molar-refractivity contribution in [2.24, 2.45) is 0 Å². The van der Waals surface area contributed by atoms with Crippen molar-refractivity contribution < 1.29 is 16.8 Å². The lowest BCUT2D eigenvalue weighted by Crippen LogP contribution is -2.26. The third kappa shape index (κ3) is 7.55. The van der Waals surface area contributed by atoms with Gasteiger partial charge in [0.15, 0.2) is 0 Å². The van der Waals surface area contributed by atoms with Gasteiger partial charge in [-0.25, -0.2) is 21.6 Å². The van der Waals surface area contributed by atoms with Crippen molar-refractivity contribution >= 4 is 25.7 Å². The first-order valence-electron chi connectivity index (χ1n) is 8.23. The van der Waals surface area contributed by atoms with E-state index in [-0.39, 0.29) is 5.75 Å². The Morgan fingerprint density at radius 3 is 2.00 bits per heavy atom. The van der Waals surface area contributed by atoms with Crippen LogP contribution in [0.2, 0.25) is 0 Å². The molecule has 0 saturated heterocycles. The monoisotopic (exact) mass is 396 g/mol. The molecule has 8 heteroatoms. The van der Waals surface area contributed by atoms with Crippen LogP contribution in [0.15, 0.2) is 48.5 Å². The van der Waals surface area contributed by atoms with E-state index in [4.69, 9.17) is 0 Å². The zero-order valence-corrected chi connectivity index (χ0v) is 16.5. The maximum atomic E-state index is 12.1. The highest BCUT2D eigenvalue weighted by Gasteiger charge is 2.10. The predicted octanol–water partition coefficient (Wildman–Crippen LogP) is 2.42. The highest BCUT2D eigenvalue weighted by molar-refractivity contribution is 7.92. The van der Waals surface area contributed by atoms with Gasteiger partial charge in [0, 0.05) is 12.2 Å². The molecule has 0 aliphatic heterocycles. The van der Waals surface area contributed by atoms with E-state index in [0.717, 1.165) is 22.9 Å². The maximum Gasteiger partial charge on any atom is 0.229 e. The molecule has 0 spiro atoms. The number of sulfonamides is 2. The second kappa shape index (κ2) is 8.66. The number of benzene rings is 2. The van der Waals surface area contributed by atoms with Crippen LogP contribution in [0.25, 0.3) is 0 Å². The van der Waals surface area contributed by atoms with E-state index >= 15 is 0 Å². The molecule has 142 valence electrons.